The first-order valence-electron chi connectivity index (χ1n) is 11.6. The lowest BCUT2D eigenvalue weighted by atomic mass is 9.94. The summed E-state index contributed by atoms with van der Waals surface area (Å²) in [5.41, 5.74) is -2.32. The Labute approximate surface area is 225 Å². The molecule has 1 atom stereocenters. The molecule has 0 aromatic heterocycles. The molecule has 39 heavy (non-hydrogen) atoms. The predicted octanol–water partition coefficient (Wildman–Crippen LogP) is 6.46. The molecule has 210 valence electrons. The fourth-order valence-corrected chi connectivity index (χ4v) is 4.39. The molecule has 0 saturated carbocycles. The van der Waals surface area contributed by atoms with Gasteiger partial charge < -0.3 is 25.6 Å². The van der Waals surface area contributed by atoms with Gasteiger partial charge in [-0.2, -0.15) is 26.3 Å². The molecule has 2 amide bonds. The molecule has 1 aliphatic rings. The van der Waals surface area contributed by atoms with E-state index < -0.39 is 47.2 Å². The number of benzene rings is 2. The van der Waals surface area contributed by atoms with E-state index in [1.807, 2.05) is 12.2 Å². The van der Waals surface area contributed by atoms with Gasteiger partial charge in [-0.15, -0.1) is 0 Å². The molecule has 14 heteroatoms. The monoisotopic (exact) mass is 574 g/mol. The summed E-state index contributed by atoms with van der Waals surface area (Å²) in [7, 11) is 0. The quantitative estimate of drug-likeness (QED) is 0.209. The minimum absolute atomic E-state index is 0.0372. The molecule has 0 fully saturated rings. The summed E-state index contributed by atoms with van der Waals surface area (Å²) in [4.78, 5) is 27.0. The van der Waals surface area contributed by atoms with E-state index in [2.05, 4.69) is 10.6 Å². The van der Waals surface area contributed by atoms with Crippen LogP contribution in [-0.4, -0.2) is 35.2 Å². The van der Waals surface area contributed by atoms with Crippen molar-refractivity contribution < 1.29 is 40.7 Å². The van der Waals surface area contributed by atoms with Crippen molar-refractivity contribution in [3.8, 4) is 0 Å². The number of nitrogens with zero attached hydrogens (tertiary/aromatic N) is 1. The zero-order valence-corrected chi connectivity index (χ0v) is 21.7. The number of alkyl halides is 6. The number of thiocarbonyl (C=S) groups is 1. The number of amides is 2. The lowest BCUT2D eigenvalue weighted by molar-refractivity contribution is -0.143. The third kappa shape index (κ3) is 6.99. The normalized spacial score (nSPS) is 16.1. The van der Waals surface area contributed by atoms with Crippen LogP contribution in [0.5, 0.6) is 0 Å². The second-order valence-electron chi connectivity index (χ2n) is 8.35. The highest BCUT2D eigenvalue weighted by Crippen LogP contribution is 2.38. The standard InChI is InChI=1S/C25H24F6N4O3S/c1-4-35-13(3)19(21(36)38-5-2)20(34-23(35)39)14-7-6-8-17(9-14)32-22(37)33-18-11-15(24(26,27)28)10-16(12-18)25(29,30)31/h6-12,20H,4-5H2,1-3H3,(H,34,39)(H2,32,33,37). The van der Waals surface area contributed by atoms with Crippen molar-refractivity contribution in [2.75, 3.05) is 23.8 Å². The zero-order chi connectivity index (χ0) is 29.1. The molecule has 2 aromatic rings. The van der Waals surface area contributed by atoms with Gasteiger partial charge in [0.15, 0.2) is 5.11 Å². The number of nitrogens with one attached hydrogen (secondary N) is 3. The molecular formula is C25H24F6N4O3S. The first-order valence-corrected chi connectivity index (χ1v) is 12.0. The Bertz CT molecular complexity index is 1280. The summed E-state index contributed by atoms with van der Waals surface area (Å²) in [6, 6.07) is 5.07. The highest BCUT2D eigenvalue weighted by Gasteiger charge is 2.37. The van der Waals surface area contributed by atoms with Crippen LogP contribution in [0, 0.1) is 0 Å². The van der Waals surface area contributed by atoms with Crippen LogP contribution in [0.15, 0.2) is 53.7 Å². The lowest BCUT2D eigenvalue weighted by Gasteiger charge is -2.37. The number of ether oxygens (including phenoxy) is 1. The van der Waals surface area contributed by atoms with Crippen molar-refractivity contribution in [2.24, 2.45) is 0 Å². The van der Waals surface area contributed by atoms with E-state index in [1.54, 1.807) is 30.9 Å². The molecule has 2 aromatic carbocycles. The van der Waals surface area contributed by atoms with Crippen LogP contribution in [0.3, 0.4) is 0 Å². The number of anilines is 2. The minimum atomic E-state index is -5.06. The Kier molecular flexibility index (Phi) is 8.78. The lowest BCUT2D eigenvalue weighted by Crippen LogP contribution is -2.47. The summed E-state index contributed by atoms with van der Waals surface area (Å²) in [6.45, 7) is 5.85. The fraction of sp³-hybridized carbons (Fsp3) is 0.320. The van der Waals surface area contributed by atoms with Crippen molar-refractivity contribution >= 4 is 40.7 Å². The number of rotatable bonds is 6. The summed E-state index contributed by atoms with van der Waals surface area (Å²) < 4.78 is 84.0. The maximum Gasteiger partial charge on any atom is 0.416 e. The highest BCUT2D eigenvalue weighted by atomic mass is 32.1. The SMILES string of the molecule is CCOC(=O)C1=C(C)N(CC)C(=S)NC1c1cccc(NC(=O)Nc2cc(C(F)(F)F)cc(C(F)(F)F)c2)c1. The maximum absolute atomic E-state index is 13.1. The van der Waals surface area contributed by atoms with Crippen molar-refractivity contribution in [1.82, 2.24) is 10.2 Å². The van der Waals surface area contributed by atoms with Crippen LogP contribution in [0.1, 0.15) is 43.5 Å². The summed E-state index contributed by atoms with van der Waals surface area (Å²) in [5, 5.41) is 7.82. The van der Waals surface area contributed by atoms with E-state index in [4.69, 9.17) is 17.0 Å². The molecular weight excluding hydrogens is 550 g/mol. The Morgan fingerprint density at radius 3 is 2.10 bits per heavy atom. The van der Waals surface area contributed by atoms with Gasteiger partial charge in [-0.25, -0.2) is 9.59 Å². The van der Waals surface area contributed by atoms with Gasteiger partial charge in [-0.1, -0.05) is 12.1 Å². The van der Waals surface area contributed by atoms with Crippen LogP contribution in [-0.2, 0) is 21.9 Å². The third-order valence-corrected chi connectivity index (χ3v) is 6.07. The van der Waals surface area contributed by atoms with E-state index in [1.165, 1.54) is 12.1 Å². The van der Waals surface area contributed by atoms with Gasteiger partial charge in [0.2, 0.25) is 0 Å². The van der Waals surface area contributed by atoms with Crippen LogP contribution in [0.4, 0.5) is 42.5 Å². The summed E-state index contributed by atoms with van der Waals surface area (Å²) >= 11 is 5.42. The van der Waals surface area contributed by atoms with Gasteiger partial charge in [-0.3, -0.25) is 0 Å². The molecule has 0 spiro atoms. The molecule has 7 nitrogen and oxygen atoms in total. The van der Waals surface area contributed by atoms with E-state index >= 15 is 0 Å². The number of allylic oxidation sites excluding steroid dienone is 1. The number of halogens is 6. The third-order valence-electron chi connectivity index (χ3n) is 5.73. The number of esters is 1. The Hall–Kier alpha value is -3.81. The van der Waals surface area contributed by atoms with Gasteiger partial charge in [0, 0.05) is 23.6 Å². The highest BCUT2D eigenvalue weighted by molar-refractivity contribution is 7.80. The van der Waals surface area contributed by atoms with Gasteiger partial charge in [0.05, 0.1) is 29.3 Å². The van der Waals surface area contributed by atoms with Crippen LogP contribution < -0.4 is 16.0 Å². The molecule has 1 aliphatic heterocycles. The van der Waals surface area contributed by atoms with E-state index in [0.717, 1.165) is 0 Å². The average molecular weight is 575 g/mol. The van der Waals surface area contributed by atoms with Gasteiger partial charge in [0.25, 0.3) is 0 Å². The number of carbonyl (C=O) groups is 2. The first kappa shape index (κ1) is 29.7. The van der Waals surface area contributed by atoms with Gasteiger partial charge in [-0.05, 0) is 68.9 Å². The second-order valence-corrected chi connectivity index (χ2v) is 8.73. The molecule has 1 unspecified atom stereocenters. The van der Waals surface area contributed by atoms with Gasteiger partial charge in [0.1, 0.15) is 0 Å². The maximum atomic E-state index is 13.1. The van der Waals surface area contributed by atoms with Gasteiger partial charge >= 0.3 is 24.4 Å². The smallest absolute Gasteiger partial charge is 0.416 e. The van der Waals surface area contributed by atoms with E-state index in [0.29, 0.717) is 35.1 Å². The summed E-state index contributed by atoms with van der Waals surface area (Å²) in [5.74, 6) is -0.574. The topological polar surface area (TPSA) is 82.7 Å². The first-order chi connectivity index (χ1) is 18.1. The zero-order valence-electron chi connectivity index (χ0n) is 20.9. The van der Waals surface area contributed by atoms with E-state index in [-0.39, 0.29) is 23.9 Å². The fourth-order valence-electron chi connectivity index (χ4n) is 4.00. The largest absolute Gasteiger partial charge is 0.463 e. The van der Waals surface area contributed by atoms with Crippen molar-refractivity contribution in [3.63, 3.8) is 0 Å². The number of hydrogen-bond donors (Lipinski definition) is 3. The molecule has 3 N–H and O–H groups in total. The molecule has 0 aliphatic carbocycles. The Balaban J connectivity index is 1.89. The molecule has 0 radical (unpaired) electrons. The molecule has 0 saturated heterocycles. The van der Waals surface area contributed by atoms with Crippen molar-refractivity contribution in [1.29, 1.82) is 0 Å². The van der Waals surface area contributed by atoms with Crippen LogP contribution in [0.2, 0.25) is 0 Å². The summed E-state index contributed by atoms with van der Waals surface area (Å²) in [6.07, 6.45) is -10.1. The molecule has 0 bridgehead atoms. The van der Waals surface area contributed by atoms with E-state index in [9.17, 15) is 35.9 Å². The predicted molar refractivity (Wildman–Crippen MR) is 136 cm³/mol. The van der Waals surface area contributed by atoms with Crippen LogP contribution in [0.25, 0.3) is 0 Å². The van der Waals surface area contributed by atoms with Crippen LogP contribution >= 0.6 is 12.2 Å². The van der Waals surface area contributed by atoms with Crippen molar-refractivity contribution in [3.05, 3.63) is 70.4 Å². The Morgan fingerprint density at radius 1 is 0.974 bits per heavy atom. The number of hydrogen-bond acceptors (Lipinski definition) is 4. The Morgan fingerprint density at radius 2 is 1.56 bits per heavy atom. The molecule has 3 rings (SSSR count). The molecule has 1 heterocycles. The average Bonchev–Trinajstić information content (AvgIpc) is 2.82. The number of urea groups is 1. The minimum Gasteiger partial charge on any atom is -0.463 e. The number of carbonyl (C=O) groups excluding carboxylic acids is 2. The second kappa shape index (κ2) is 11.5. The van der Waals surface area contributed by atoms with Crippen molar-refractivity contribution in [2.45, 2.75) is 39.2 Å².